The van der Waals surface area contributed by atoms with Crippen LogP contribution in [0.2, 0.25) is 0 Å². The highest BCUT2D eigenvalue weighted by molar-refractivity contribution is 7.19. The number of amides is 3. The number of carbonyl (C=O) groups is 2. The molecule has 3 aromatic rings. The Kier molecular flexibility index (Phi) is 7.19. The maximum atomic E-state index is 12.2. The minimum absolute atomic E-state index is 0.110. The third-order valence-electron chi connectivity index (χ3n) is 4.46. The van der Waals surface area contributed by atoms with Crippen LogP contribution in [-0.4, -0.2) is 23.5 Å². The quantitative estimate of drug-likeness (QED) is 0.429. The van der Waals surface area contributed by atoms with Crippen LogP contribution in [-0.2, 0) is 4.79 Å². The Morgan fingerprint density at radius 1 is 0.967 bits per heavy atom. The Bertz CT molecular complexity index is 1010. The molecular formula is C23H26N4O2S. The molecule has 0 bridgehead atoms. The van der Waals surface area contributed by atoms with Crippen LogP contribution < -0.4 is 16.0 Å². The van der Waals surface area contributed by atoms with Gasteiger partial charge in [-0.05, 0) is 31.0 Å². The summed E-state index contributed by atoms with van der Waals surface area (Å²) in [4.78, 5) is 29.1. The molecule has 0 saturated carbocycles. The van der Waals surface area contributed by atoms with Crippen LogP contribution in [0.1, 0.15) is 32.3 Å². The van der Waals surface area contributed by atoms with Gasteiger partial charge in [0.25, 0.3) is 0 Å². The highest BCUT2D eigenvalue weighted by Crippen LogP contribution is 2.39. The van der Waals surface area contributed by atoms with Crippen LogP contribution in [0, 0.1) is 6.92 Å². The van der Waals surface area contributed by atoms with Crippen molar-refractivity contribution < 1.29 is 9.59 Å². The van der Waals surface area contributed by atoms with E-state index in [1.165, 1.54) is 23.8 Å². The molecule has 0 spiro atoms. The first kappa shape index (κ1) is 21.5. The minimum atomic E-state index is -0.250. The molecule has 0 saturated heterocycles. The van der Waals surface area contributed by atoms with Crippen LogP contribution in [0.15, 0.2) is 48.5 Å². The van der Waals surface area contributed by atoms with Crippen LogP contribution in [0.3, 0.4) is 0 Å². The first-order valence-corrected chi connectivity index (χ1v) is 10.8. The van der Waals surface area contributed by atoms with Gasteiger partial charge in [0.1, 0.15) is 0 Å². The monoisotopic (exact) mass is 422 g/mol. The molecule has 0 aliphatic heterocycles. The molecule has 0 fully saturated rings. The van der Waals surface area contributed by atoms with Gasteiger partial charge in [0.2, 0.25) is 5.91 Å². The number of hydrogen-bond donors (Lipinski definition) is 3. The number of carbonyl (C=O) groups excluding carboxylic acids is 2. The fourth-order valence-electron chi connectivity index (χ4n) is 2.90. The molecule has 156 valence electrons. The van der Waals surface area contributed by atoms with Gasteiger partial charge in [-0.3, -0.25) is 10.1 Å². The molecule has 3 N–H and O–H groups in total. The van der Waals surface area contributed by atoms with Crippen molar-refractivity contribution in [3.63, 3.8) is 0 Å². The van der Waals surface area contributed by atoms with Crippen molar-refractivity contribution in [3.05, 3.63) is 54.1 Å². The van der Waals surface area contributed by atoms with Crippen molar-refractivity contribution in [2.24, 2.45) is 0 Å². The van der Waals surface area contributed by atoms with Gasteiger partial charge in [0, 0.05) is 24.7 Å². The van der Waals surface area contributed by atoms with Crippen molar-refractivity contribution >= 4 is 34.1 Å². The van der Waals surface area contributed by atoms with Gasteiger partial charge < -0.3 is 10.6 Å². The predicted octanol–water partition coefficient (Wildman–Crippen LogP) is 5.67. The molecule has 3 amide bonds. The molecule has 0 atom stereocenters. The summed E-state index contributed by atoms with van der Waals surface area (Å²) in [5.41, 5.74) is 4.68. The lowest BCUT2D eigenvalue weighted by Gasteiger charge is -2.06. The molecule has 0 aliphatic rings. The Hall–Kier alpha value is -3.19. The average molecular weight is 423 g/mol. The molecule has 0 unspecified atom stereocenters. The van der Waals surface area contributed by atoms with Crippen molar-refractivity contribution in [1.82, 2.24) is 10.3 Å². The Morgan fingerprint density at radius 3 is 2.27 bits per heavy atom. The van der Waals surface area contributed by atoms with E-state index in [0.29, 0.717) is 11.7 Å². The number of aryl methyl sites for hydroxylation is 1. The average Bonchev–Trinajstić information content (AvgIpc) is 3.12. The lowest BCUT2D eigenvalue weighted by Crippen LogP contribution is -2.29. The van der Waals surface area contributed by atoms with Gasteiger partial charge >= 0.3 is 6.03 Å². The Morgan fingerprint density at radius 2 is 1.63 bits per heavy atom. The van der Waals surface area contributed by atoms with E-state index in [1.54, 1.807) is 0 Å². The fraction of sp³-hybridized carbons (Fsp3) is 0.261. The number of anilines is 2. The highest BCUT2D eigenvalue weighted by Gasteiger charge is 2.16. The van der Waals surface area contributed by atoms with Gasteiger partial charge in [0.05, 0.1) is 10.6 Å². The predicted molar refractivity (Wildman–Crippen MR) is 124 cm³/mol. The maximum Gasteiger partial charge on any atom is 0.321 e. The van der Waals surface area contributed by atoms with E-state index < -0.39 is 0 Å². The lowest BCUT2D eigenvalue weighted by atomic mass is 10.1. The molecule has 3 rings (SSSR count). The van der Waals surface area contributed by atoms with Gasteiger partial charge in [0.15, 0.2) is 5.13 Å². The van der Waals surface area contributed by atoms with E-state index in [9.17, 15) is 9.59 Å². The molecule has 0 radical (unpaired) electrons. The topological polar surface area (TPSA) is 83.1 Å². The van der Waals surface area contributed by atoms with Gasteiger partial charge in [-0.2, -0.15) is 0 Å². The fourth-order valence-corrected chi connectivity index (χ4v) is 3.89. The van der Waals surface area contributed by atoms with Crippen molar-refractivity contribution in [3.8, 4) is 21.7 Å². The second kappa shape index (κ2) is 10.0. The zero-order valence-corrected chi connectivity index (χ0v) is 18.2. The number of nitrogens with zero attached hydrogens (tertiary/aromatic N) is 1. The summed E-state index contributed by atoms with van der Waals surface area (Å²) < 4.78 is 0. The zero-order chi connectivity index (χ0) is 21.5. The number of nitrogens with one attached hydrogen (secondary N) is 3. The van der Waals surface area contributed by atoms with E-state index in [2.05, 4.69) is 22.9 Å². The van der Waals surface area contributed by atoms with Crippen LogP contribution >= 0.6 is 11.3 Å². The summed E-state index contributed by atoms with van der Waals surface area (Å²) in [5, 5.41) is 9.02. The van der Waals surface area contributed by atoms with E-state index in [-0.39, 0.29) is 11.9 Å². The van der Waals surface area contributed by atoms with E-state index >= 15 is 0 Å². The molecule has 1 heterocycles. The summed E-state index contributed by atoms with van der Waals surface area (Å²) in [5.74, 6) is -0.110. The van der Waals surface area contributed by atoms with E-state index in [4.69, 9.17) is 4.98 Å². The van der Waals surface area contributed by atoms with Gasteiger partial charge in [-0.15, -0.1) is 0 Å². The van der Waals surface area contributed by atoms with E-state index in [1.807, 2.05) is 55.5 Å². The zero-order valence-electron chi connectivity index (χ0n) is 17.4. The highest BCUT2D eigenvalue weighted by atomic mass is 32.1. The minimum Gasteiger partial charge on any atom is -0.338 e. The van der Waals surface area contributed by atoms with Crippen LogP contribution in [0.5, 0.6) is 0 Å². The summed E-state index contributed by atoms with van der Waals surface area (Å²) in [6.07, 6.45) is 1.96. The number of urea groups is 1. The normalized spacial score (nSPS) is 10.5. The molecule has 30 heavy (non-hydrogen) atoms. The molecule has 1 aromatic heterocycles. The van der Waals surface area contributed by atoms with Crippen molar-refractivity contribution in [1.29, 1.82) is 0 Å². The van der Waals surface area contributed by atoms with Gasteiger partial charge in [-0.1, -0.05) is 66.6 Å². The summed E-state index contributed by atoms with van der Waals surface area (Å²) in [6, 6.07) is 15.5. The molecular weight excluding hydrogens is 396 g/mol. The first-order chi connectivity index (χ1) is 14.5. The van der Waals surface area contributed by atoms with Crippen LogP contribution in [0.4, 0.5) is 15.6 Å². The molecule has 0 aliphatic carbocycles. The lowest BCUT2D eigenvalue weighted by molar-refractivity contribution is -0.114. The van der Waals surface area contributed by atoms with Crippen molar-refractivity contribution in [2.45, 2.75) is 33.6 Å². The standard InChI is InChI=1S/C23H26N4O2S/c1-4-5-14-24-22(29)27-23-26-20(17-8-6-15(2)7-9-17)21(30-23)18-10-12-19(13-11-18)25-16(3)28/h6-13H,4-5,14H2,1-3H3,(H,25,28)(H2,24,26,27,29). The van der Waals surface area contributed by atoms with Crippen molar-refractivity contribution in [2.75, 3.05) is 17.2 Å². The Labute approximate surface area is 180 Å². The maximum absolute atomic E-state index is 12.2. The number of benzene rings is 2. The number of rotatable bonds is 7. The number of hydrogen-bond acceptors (Lipinski definition) is 4. The third kappa shape index (κ3) is 5.67. The van der Waals surface area contributed by atoms with Gasteiger partial charge in [-0.25, -0.2) is 9.78 Å². The smallest absolute Gasteiger partial charge is 0.321 e. The first-order valence-electron chi connectivity index (χ1n) is 9.97. The van der Waals surface area contributed by atoms with E-state index in [0.717, 1.165) is 40.2 Å². The third-order valence-corrected chi connectivity index (χ3v) is 5.48. The number of unbranched alkanes of at least 4 members (excludes halogenated alkanes) is 1. The number of aromatic nitrogens is 1. The second-order valence-corrected chi connectivity index (χ2v) is 8.05. The SMILES string of the molecule is CCCCNC(=O)Nc1nc(-c2ccc(C)cc2)c(-c2ccc(NC(C)=O)cc2)s1. The second-order valence-electron chi connectivity index (χ2n) is 7.06. The summed E-state index contributed by atoms with van der Waals surface area (Å²) in [6.45, 7) is 6.24. The number of thiazole rings is 1. The molecule has 6 nitrogen and oxygen atoms in total. The molecule has 7 heteroatoms. The largest absolute Gasteiger partial charge is 0.338 e. The summed E-state index contributed by atoms with van der Waals surface area (Å²) >= 11 is 1.43. The molecule has 2 aromatic carbocycles. The summed E-state index contributed by atoms with van der Waals surface area (Å²) in [7, 11) is 0. The Balaban J connectivity index is 1.91. The van der Waals surface area contributed by atoms with Crippen LogP contribution in [0.25, 0.3) is 21.7 Å².